The lowest BCUT2D eigenvalue weighted by molar-refractivity contribution is -0.0327. The molecular weight excluding hydrogens is 499 g/mol. The Kier molecular flexibility index (Phi) is 11.8. The second kappa shape index (κ2) is 13.8. The van der Waals surface area contributed by atoms with E-state index in [4.69, 9.17) is 14.5 Å². The van der Waals surface area contributed by atoms with Crippen LogP contribution in [0.1, 0.15) is 44.0 Å². The predicted molar refractivity (Wildman–Crippen MR) is 132 cm³/mol. The summed E-state index contributed by atoms with van der Waals surface area (Å²) >= 11 is 1.82. The fourth-order valence-electron chi connectivity index (χ4n) is 3.43. The van der Waals surface area contributed by atoms with E-state index in [1.54, 1.807) is 0 Å². The summed E-state index contributed by atoms with van der Waals surface area (Å²) in [5.41, 5.74) is 0. The SMILES string of the molecule is CCNC(=NCC(c1cccs1)N1CCOC(C)C1)NCCCOCC1CC1.I. The van der Waals surface area contributed by atoms with E-state index in [9.17, 15) is 0 Å². The molecule has 1 aromatic rings. The highest BCUT2D eigenvalue weighted by atomic mass is 127. The van der Waals surface area contributed by atoms with Gasteiger partial charge in [0.15, 0.2) is 5.96 Å². The molecule has 166 valence electrons. The molecule has 1 saturated carbocycles. The van der Waals surface area contributed by atoms with Gasteiger partial charge in [-0.25, -0.2) is 0 Å². The van der Waals surface area contributed by atoms with Crippen molar-refractivity contribution in [3.05, 3.63) is 22.4 Å². The van der Waals surface area contributed by atoms with Gasteiger partial charge in [-0.3, -0.25) is 9.89 Å². The van der Waals surface area contributed by atoms with Crippen LogP contribution in [-0.2, 0) is 9.47 Å². The van der Waals surface area contributed by atoms with Crippen molar-refractivity contribution in [2.45, 2.75) is 45.3 Å². The zero-order valence-electron chi connectivity index (χ0n) is 17.8. The number of thiophene rings is 1. The zero-order chi connectivity index (χ0) is 19.6. The Bertz CT molecular complexity index is 583. The Balaban J connectivity index is 0.00000300. The molecular formula is C21H37IN4O2S. The lowest BCUT2D eigenvalue weighted by Gasteiger charge is -2.36. The maximum absolute atomic E-state index is 5.73. The average Bonchev–Trinajstić information content (AvgIpc) is 3.36. The molecule has 8 heteroatoms. The van der Waals surface area contributed by atoms with Crippen molar-refractivity contribution in [3.63, 3.8) is 0 Å². The monoisotopic (exact) mass is 536 g/mol. The van der Waals surface area contributed by atoms with Crippen LogP contribution in [0.5, 0.6) is 0 Å². The zero-order valence-corrected chi connectivity index (χ0v) is 20.9. The second-order valence-electron chi connectivity index (χ2n) is 7.73. The van der Waals surface area contributed by atoms with Crippen LogP contribution >= 0.6 is 35.3 Å². The van der Waals surface area contributed by atoms with Gasteiger partial charge in [0.05, 0.1) is 25.3 Å². The summed E-state index contributed by atoms with van der Waals surface area (Å²) in [6.07, 6.45) is 3.99. The van der Waals surface area contributed by atoms with Gasteiger partial charge in [0.1, 0.15) is 0 Å². The third kappa shape index (κ3) is 9.08. The van der Waals surface area contributed by atoms with E-state index in [0.29, 0.717) is 6.04 Å². The molecule has 3 rings (SSSR count). The van der Waals surface area contributed by atoms with Crippen molar-refractivity contribution >= 4 is 41.3 Å². The topological polar surface area (TPSA) is 58.1 Å². The van der Waals surface area contributed by atoms with Gasteiger partial charge in [-0.15, -0.1) is 35.3 Å². The van der Waals surface area contributed by atoms with Crippen LogP contribution < -0.4 is 10.6 Å². The molecule has 1 aliphatic carbocycles. The molecule has 2 heterocycles. The molecule has 2 N–H and O–H groups in total. The van der Waals surface area contributed by atoms with Gasteiger partial charge in [0.25, 0.3) is 0 Å². The Morgan fingerprint density at radius 1 is 1.41 bits per heavy atom. The molecule has 29 heavy (non-hydrogen) atoms. The summed E-state index contributed by atoms with van der Waals surface area (Å²) in [6.45, 7) is 11.2. The predicted octanol–water partition coefficient (Wildman–Crippen LogP) is 3.50. The molecule has 1 saturated heterocycles. The van der Waals surface area contributed by atoms with Gasteiger partial charge in [0.2, 0.25) is 0 Å². The van der Waals surface area contributed by atoms with E-state index < -0.39 is 0 Å². The molecule has 2 atom stereocenters. The van der Waals surface area contributed by atoms with Gasteiger partial charge >= 0.3 is 0 Å². The largest absolute Gasteiger partial charge is 0.381 e. The van der Waals surface area contributed by atoms with Crippen molar-refractivity contribution in [3.8, 4) is 0 Å². The number of nitrogens with one attached hydrogen (secondary N) is 2. The lowest BCUT2D eigenvalue weighted by Crippen LogP contribution is -2.44. The number of hydrogen-bond donors (Lipinski definition) is 2. The first-order chi connectivity index (χ1) is 13.8. The summed E-state index contributed by atoms with van der Waals surface area (Å²) in [4.78, 5) is 8.79. The van der Waals surface area contributed by atoms with Crippen molar-refractivity contribution < 1.29 is 9.47 Å². The molecule has 6 nitrogen and oxygen atoms in total. The highest BCUT2D eigenvalue weighted by molar-refractivity contribution is 14.0. The first kappa shape index (κ1) is 24.8. The Hall–Kier alpha value is -0.420. The summed E-state index contributed by atoms with van der Waals surface area (Å²) in [7, 11) is 0. The van der Waals surface area contributed by atoms with Crippen molar-refractivity contribution in [2.24, 2.45) is 10.9 Å². The number of nitrogens with zero attached hydrogens (tertiary/aromatic N) is 2. The van der Waals surface area contributed by atoms with E-state index in [2.05, 4.69) is 46.9 Å². The van der Waals surface area contributed by atoms with E-state index in [1.807, 2.05) is 11.3 Å². The van der Waals surface area contributed by atoms with Gasteiger partial charge < -0.3 is 20.1 Å². The smallest absolute Gasteiger partial charge is 0.191 e. The third-order valence-electron chi connectivity index (χ3n) is 5.16. The minimum absolute atomic E-state index is 0. The highest BCUT2D eigenvalue weighted by Gasteiger charge is 2.26. The standard InChI is InChI=1S/C21H36N4O2S.HI/c1-3-22-21(23-9-5-11-26-16-18-7-8-18)24-14-19(20-6-4-13-28-20)25-10-12-27-17(2)15-25;/h4,6,13,17-19H,3,5,7-12,14-16H2,1-2H3,(H2,22,23,24);1H. The number of halogens is 1. The Labute approximate surface area is 196 Å². The van der Waals surface area contributed by atoms with Gasteiger partial charge in [-0.1, -0.05) is 6.07 Å². The van der Waals surface area contributed by atoms with Crippen molar-refractivity contribution in [1.29, 1.82) is 0 Å². The number of guanidine groups is 1. The van der Waals surface area contributed by atoms with Crippen LogP contribution in [0.15, 0.2) is 22.5 Å². The summed E-state index contributed by atoms with van der Waals surface area (Å²) in [5.74, 6) is 1.73. The molecule has 1 aliphatic heterocycles. The van der Waals surface area contributed by atoms with Gasteiger partial charge in [-0.2, -0.15) is 0 Å². The fourth-order valence-corrected chi connectivity index (χ4v) is 4.28. The van der Waals surface area contributed by atoms with E-state index in [0.717, 1.165) is 70.8 Å². The minimum Gasteiger partial charge on any atom is -0.381 e. The maximum Gasteiger partial charge on any atom is 0.191 e. The number of morpholine rings is 1. The van der Waals surface area contributed by atoms with E-state index >= 15 is 0 Å². The van der Waals surface area contributed by atoms with Gasteiger partial charge in [-0.05, 0) is 50.5 Å². The molecule has 0 radical (unpaired) electrons. The van der Waals surface area contributed by atoms with Crippen LogP contribution in [0.3, 0.4) is 0 Å². The average molecular weight is 537 g/mol. The number of hydrogen-bond acceptors (Lipinski definition) is 5. The quantitative estimate of drug-likeness (QED) is 0.196. The molecule has 2 unspecified atom stereocenters. The molecule has 1 aromatic heterocycles. The second-order valence-corrected chi connectivity index (χ2v) is 8.71. The Morgan fingerprint density at radius 2 is 2.28 bits per heavy atom. The summed E-state index contributed by atoms with van der Waals surface area (Å²) < 4.78 is 11.5. The highest BCUT2D eigenvalue weighted by Crippen LogP contribution is 2.29. The normalized spacial score (nSPS) is 21.4. The molecule has 0 amide bonds. The van der Waals surface area contributed by atoms with E-state index in [-0.39, 0.29) is 30.1 Å². The van der Waals surface area contributed by atoms with Crippen LogP contribution in [0, 0.1) is 5.92 Å². The van der Waals surface area contributed by atoms with Crippen LogP contribution in [0.2, 0.25) is 0 Å². The maximum atomic E-state index is 5.73. The van der Waals surface area contributed by atoms with Crippen molar-refractivity contribution in [2.75, 3.05) is 52.5 Å². The molecule has 2 aliphatic rings. The molecule has 0 spiro atoms. The number of ether oxygens (including phenoxy) is 2. The first-order valence-corrected chi connectivity index (χ1v) is 11.6. The fraction of sp³-hybridized carbons (Fsp3) is 0.762. The lowest BCUT2D eigenvalue weighted by atomic mass is 10.1. The van der Waals surface area contributed by atoms with E-state index in [1.165, 1.54) is 17.7 Å². The molecule has 0 bridgehead atoms. The van der Waals surface area contributed by atoms with Crippen LogP contribution in [0.4, 0.5) is 0 Å². The summed E-state index contributed by atoms with van der Waals surface area (Å²) in [6, 6.07) is 4.66. The number of aliphatic imine (C=N–C) groups is 1. The third-order valence-corrected chi connectivity index (χ3v) is 6.13. The summed E-state index contributed by atoms with van der Waals surface area (Å²) in [5, 5.41) is 8.98. The van der Waals surface area contributed by atoms with Crippen LogP contribution in [-0.4, -0.2) is 69.5 Å². The first-order valence-electron chi connectivity index (χ1n) is 10.7. The molecule has 2 fully saturated rings. The minimum atomic E-state index is 0. The van der Waals surface area contributed by atoms with Crippen molar-refractivity contribution in [1.82, 2.24) is 15.5 Å². The number of rotatable bonds is 11. The Morgan fingerprint density at radius 3 is 2.97 bits per heavy atom. The van der Waals surface area contributed by atoms with Crippen LogP contribution in [0.25, 0.3) is 0 Å². The van der Waals surface area contributed by atoms with Gasteiger partial charge in [0, 0.05) is 44.3 Å². The molecule has 0 aromatic carbocycles.